The number of nitrogens with one attached hydrogen (secondary N) is 4. The maximum atomic E-state index is 14.2. The number of likely N-dealkylation sites (tertiary alicyclic amines) is 1. The molecule has 1 aliphatic heterocycles. The van der Waals surface area contributed by atoms with Crippen LogP contribution in [0.5, 0.6) is 0 Å². The molecule has 3 fully saturated rings. The first-order valence-corrected chi connectivity index (χ1v) is 18.2. The molecule has 0 spiro atoms. The quantitative estimate of drug-likeness (QED) is 0.157. The SMILES string of the molecule is C=CCCC(NC(=O)[C@@H]1[C@@H]2C[C@@H]2CN1C(=O)[C@@H](NC(=O)OC(C)(C)C)C1CCCCC1)C(=O)C(=O)NCC(=O)N[C@H](C(=O)N(C)C)c1ccccc1. The number of fused-ring (bicyclic) bond motifs is 1. The van der Waals surface area contributed by atoms with Gasteiger partial charge in [-0.25, -0.2) is 4.79 Å². The number of piperidine rings is 1. The number of carbonyl (C=O) groups excluding carboxylic acids is 7. The summed E-state index contributed by atoms with van der Waals surface area (Å²) < 4.78 is 5.48. The third kappa shape index (κ3) is 10.6. The monoisotopic (exact) mass is 722 g/mol. The summed E-state index contributed by atoms with van der Waals surface area (Å²) in [4.78, 5) is 96.0. The third-order valence-corrected chi connectivity index (χ3v) is 9.81. The number of hydrogen-bond donors (Lipinski definition) is 4. The number of alkyl carbamates (subject to hydrolysis) is 1. The lowest BCUT2D eigenvalue weighted by molar-refractivity contribution is -0.144. The van der Waals surface area contributed by atoms with Crippen LogP contribution >= 0.6 is 0 Å². The first kappa shape index (κ1) is 40.0. The lowest BCUT2D eigenvalue weighted by Crippen LogP contribution is -2.59. The Labute approximate surface area is 305 Å². The molecule has 14 nitrogen and oxygen atoms in total. The van der Waals surface area contributed by atoms with Crippen LogP contribution < -0.4 is 21.3 Å². The molecule has 2 aliphatic carbocycles. The number of rotatable bonds is 15. The van der Waals surface area contributed by atoms with E-state index in [9.17, 15) is 33.6 Å². The Morgan fingerprint density at radius 1 is 0.981 bits per heavy atom. The van der Waals surface area contributed by atoms with Crippen LogP contribution in [0.2, 0.25) is 0 Å². The van der Waals surface area contributed by atoms with Crippen LogP contribution in [0.25, 0.3) is 0 Å². The van der Waals surface area contributed by atoms with E-state index < -0.39 is 65.9 Å². The molecule has 1 heterocycles. The lowest BCUT2D eigenvalue weighted by Gasteiger charge is -2.36. The number of allylic oxidation sites excluding steroid dienone is 1. The van der Waals surface area contributed by atoms with E-state index in [0.29, 0.717) is 18.5 Å². The van der Waals surface area contributed by atoms with E-state index in [-0.39, 0.29) is 36.0 Å². The van der Waals surface area contributed by atoms with Gasteiger partial charge in [0.1, 0.15) is 23.7 Å². The second kappa shape index (κ2) is 17.6. The minimum absolute atomic E-state index is 0.0702. The largest absolute Gasteiger partial charge is 0.444 e. The Morgan fingerprint density at radius 3 is 2.27 bits per heavy atom. The summed E-state index contributed by atoms with van der Waals surface area (Å²) in [5, 5.41) is 10.5. The van der Waals surface area contributed by atoms with Gasteiger partial charge in [-0.2, -0.15) is 0 Å². The summed E-state index contributed by atoms with van der Waals surface area (Å²) in [5.41, 5.74) is -0.215. The Hall–Kier alpha value is -4.75. The molecular formula is C38H54N6O8. The zero-order valence-electron chi connectivity index (χ0n) is 30.9. The van der Waals surface area contributed by atoms with E-state index in [1.165, 1.54) is 9.80 Å². The first-order valence-electron chi connectivity index (χ1n) is 18.2. The maximum absolute atomic E-state index is 14.2. The molecule has 1 saturated heterocycles. The van der Waals surface area contributed by atoms with Crippen molar-refractivity contribution in [2.45, 2.75) is 102 Å². The van der Waals surface area contributed by atoms with Crippen LogP contribution in [-0.2, 0) is 33.5 Å². The van der Waals surface area contributed by atoms with Crippen LogP contribution in [-0.4, -0.2) is 102 Å². The molecule has 1 unspecified atom stereocenters. The molecule has 2 saturated carbocycles. The molecule has 6 atom stereocenters. The van der Waals surface area contributed by atoms with Crippen molar-refractivity contribution in [3.8, 4) is 0 Å². The average molecular weight is 723 g/mol. The summed E-state index contributed by atoms with van der Waals surface area (Å²) >= 11 is 0. The van der Waals surface area contributed by atoms with E-state index in [1.54, 1.807) is 71.3 Å². The number of hydrogen-bond acceptors (Lipinski definition) is 8. The zero-order valence-corrected chi connectivity index (χ0v) is 30.9. The van der Waals surface area contributed by atoms with Crippen molar-refractivity contribution in [1.29, 1.82) is 0 Å². The lowest BCUT2D eigenvalue weighted by atomic mass is 9.83. The predicted octanol–water partition coefficient (Wildman–Crippen LogP) is 2.39. The van der Waals surface area contributed by atoms with Gasteiger partial charge in [0.2, 0.25) is 29.4 Å². The van der Waals surface area contributed by atoms with Crippen molar-refractivity contribution in [2.75, 3.05) is 27.2 Å². The van der Waals surface area contributed by atoms with Crippen LogP contribution in [0, 0.1) is 17.8 Å². The molecule has 4 rings (SSSR count). The fraction of sp³-hybridized carbons (Fsp3) is 0.605. The minimum Gasteiger partial charge on any atom is -0.444 e. The van der Waals surface area contributed by atoms with Gasteiger partial charge in [0.05, 0.1) is 12.6 Å². The Balaban J connectivity index is 1.42. The molecule has 4 N–H and O–H groups in total. The number of ether oxygens (including phenoxy) is 1. The molecule has 52 heavy (non-hydrogen) atoms. The number of carbonyl (C=O) groups is 7. The van der Waals surface area contributed by atoms with Crippen molar-refractivity contribution in [3.63, 3.8) is 0 Å². The molecule has 14 heteroatoms. The molecule has 1 aromatic carbocycles. The standard InChI is InChI=1S/C38H54N6O8/c1-7-8-19-27(32(46)34(48)39-21-28(45)41-29(35(49)43(5)6)23-15-11-9-12-16-23)40-33(47)31-26-20-25(26)22-44(31)36(50)30(24-17-13-10-14-18-24)42-37(51)52-38(2,3)4/h7,9,11-12,15-16,24-27,29-31H,1,8,10,13-14,17-22H2,2-6H3,(H,39,48)(H,40,47)(H,41,45)(H,42,51)/t25-,26-,27?,29+,30+,31+/m1/s1. The van der Waals surface area contributed by atoms with Gasteiger partial charge in [-0.3, -0.25) is 28.8 Å². The van der Waals surface area contributed by atoms with Gasteiger partial charge in [-0.05, 0) is 76.2 Å². The second-order valence-electron chi connectivity index (χ2n) is 15.2. The van der Waals surface area contributed by atoms with Crippen molar-refractivity contribution < 1.29 is 38.3 Å². The number of Topliss-reactive ketones (excluding diaryl/α,β-unsaturated/α-hetero) is 1. The topological polar surface area (TPSA) is 183 Å². The van der Waals surface area contributed by atoms with Gasteiger partial charge in [-0.1, -0.05) is 55.7 Å². The molecular weight excluding hydrogens is 668 g/mol. The van der Waals surface area contributed by atoms with Gasteiger partial charge in [0.25, 0.3) is 5.91 Å². The third-order valence-electron chi connectivity index (χ3n) is 9.81. The van der Waals surface area contributed by atoms with Crippen LogP contribution in [0.15, 0.2) is 43.0 Å². The van der Waals surface area contributed by atoms with Gasteiger partial charge >= 0.3 is 6.09 Å². The second-order valence-corrected chi connectivity index (χ2v) is 15.2. The fourth-order valence-electron chi connectivity index (χ4n) is 7.11. The summed E-state index contributed by atoms with van der Waals surface area (Å²) in [7, 11) is 3.12. The molecule has 6 amide bonds. The summed E-state index contributed by atoms with van der Waals surface area (Å²) in [5.74, 6) is -4.11. The molecule has 3 aliphatic rings. The molecule has 284 valence electrons. The van der Waals surface area contributed by atoms with Crippen LogP contribution in [0.4, 0.5) is 4.79 Å². The average Bonchev–Trinajstić information content (AvgIpc) is 3.77. The number of likely N-dealkylation sites (N-methyl/N-ethyl adjacent to an activating group) is 1. The molecule has 1 aromatic rings. The zero-order chi connectivity index (χ0) is 38.2. The van der Waals surface area contributed by atoms with Gasteiger partial charge in [0, 0.05) is 20.6 Å². The van der Waals surface area contributed by atoms with E-state index in [1.807, 2.05) is 0 Å². The van der Waals surface area contributed by atoms with Gasteiger partial charge in [-0.15, -0.1) is 6.58 Å². The smallest absolute Gasteiger partial charge is 0.408 e. The van der Waals surface area contributed by atoms with Crippen molar-refractivity contribution >= 4 is 41.4 Å². The minimum atomic E-state index is -1.25. The highest BCUT2D eigenvalue weighted by molar-refractivity contribution is 6.38. The van der Waals surface area contributed by atoms with Crippen LogP contribution in [0.3, 0.4) is 0 Å². The number of amides is 6. The summed E-state index contributed by atoms with van der Waals surface area (Å²) in [6, 6.07) is 4.63. The van der Waals surface area contributed by atoms with Crippen LogP contribution in [0.1, 0.15) is 83.7 Å². The predicted molar refractivity (Wildman–Crippen MR) is 192 cm³/mol. The van der Waals surface area contributed by atoms with E-state index in [4.69, 9.17) is 4.74 Å². The van der Waals surface area contributed by atoms with Crippen molar-refractivity contribution in [2.24, 2.45) is 17.8 Å². The molecule has 0 bridgehead atoms. The molecule has 0 aromatic heterocycles. The number of benzene rings is 1. The van der Waals surface area contributed by atoms with E-state index in [0.717, 1.165) is 38.5 Å². The molecule has 0 radical (unpaired) electrons. The fourth-order valence-corrected chi connectivity index (χ4v) is 7.11. The van der Waals surface area contributed by atoms with Crippen molar-refractivity contribution in [1.82, 2.24) is 31.1 Å². The Kier molecular flexibility index (Phi) is 13.6. The normalized spacial score (nSPS) is 21.3. The highest BCUT2D eigenvalue weighted by Crippen LogP contribution is 2.50. The van der Waals surface area contributed by atoms with E-state index in [2.05, 4.69) is 27.8 Å². The first-order chi connectivity index (χ1) is 24.6. The Morgan fingerprint density at radius 2 is 1.65 bits per heavy atom. The highest BCUT2D eigenvalue weighted by atomic mass is 16.6. The number of nitrogens with zero attached hydrogens (tertiary/aromatic N) is 2. The maximum Gasteiger partial charge on any atom is 0.408 e. The van der Waals surface area contributed by atoms with Gasteiger partial charge < -0.3 is 35.8 Å². The highest BCUT2D eigenvalue weighted by Gasteiger charge is 2.58. The van der Waals surface area contributed by atoms with Gasteiger partial charge in [0.15, 0.2) is 0 Å². The summed E-state index contributed by atoms with van der Waals surface area (Å²) in [6.07, 6.45) is 6.40. The number of ketones is 1. The summed E-state index contributed by atoms with van der Waals surface area (Å²) in [6.45, 7) is 8.68. The van der Waals surface area contributed by atoms with Crippen molar-refractivity contribution in [3.05, 3.63) is 48.6 Å². The van der Waals surface area contributed by atoms with E-state index >= 15 is 0 Å². The Bertz CT molecular complexity index is 1500.